The van der Waals surface area contributed by atoms with Gasteiger partial charge >= 0.3 is 0 Å². The third-order valence-electron chi connectivity index (χ3n) is 4.20. The highest BCUT2D eigenvalue weighted by Gasteiger charge is 2.22. The average Bonchev–Trinajstić information content (AvgIpc) is 2.89. The average molecular weight is 275 g/mol. The molecule has 4 heteroatoms. The zero-order valence-corrected chi connectivity index (χ0v) is 12.2. The van der Waals surface area contributed by atoms with Crippen LogP contribution >= 0.6 is 11.6 Å². The van der Waals surface area contributed by atoms with Crippen molar-refractivity contribution in [1.82, 2.24) is 9.80 Å². The minimum Gasteiger partial charge on any atom is -0.379 e. The molecule has 2 rings (SSSR count). The number of piperidine rings is 1. The first-order chi connectivity index (χ1) is 8.88. The van der Waals surface area contributed by atoms with Gasteiger partial charge in [-0.1, -0.05) is 0 Å². The summed E-state index contributed by atoms with van der Waals surface area (Å²) in [6.07, 6.45) is 5.56. The van der Waals surface area contributed by atoms with Crippen molar-refractivity contribution in [3.05, 3.63) is 0 Å². The van der Waals surface area contributed by atoms with E-state index in [1.54, 1.807) is 0 Å². The molecule has 2 heterocycles. The number of hydrogen-bond acceptors (Lipinski definition) is 3. The summed E-state index contributed by atoms with van der Waals surface area (Å²) in [5, 5.41) is 0. The Kier molecular flexibility index (Phi) is 6.77. The molecular formula is C14H27ClN2O. The van der Waals surface area contributed by atoms with E-state index < -0.39 is 0 Å². The number of alkyl halides is 1. The molecule has 106 valence electrons. The van der Waals surface area contributed by atoms with Crippen molar-refractivity contribution in [1.29, 1.82) is 0 Å². The van der Waals surface area contributed by atoms with E-state index in [1.807, 2.05) is 0 Å². The number of hydrogen-bond donors (Lipinski definition) is 0. The number of rotatable bonds is 7. The van der Waals surface area contributed by atoms with Crippen molar-refractivity contribution in [3.63, 3.8) is 0 Å². The highest BCUT2D eigenvalue weighted by Crippen LogP contribution is 2.20. The van der Waals surface area contributed by atoms with Gasteiger partial charge in [0.15, 0.2) is 0 Å². The normalized spacial score (nSPS) is 23.8. The molecule has 0 saturated carbocycles. The first-order valence-electron chi connectivity index (χ1n) is 7.47. The molecule has 2 aliphatic heterocycles. The maximum Gasteiger partial charge on any atom is 0.0602 e. The van der Waals surface area contributed by atoms with Crippen LogP contribution in [0.25, 0.3) is 0 Å². The fourth-order valence-electron chi connectivity index (χ4n) is 3.07. The summed E-state index contributed by atoms with van der Waals surface area (Å²) in [4.78, 5) is 5.19. The second-order valence-electron chi connectivity index (χ2n) is 5.59. The van der Waals surface area contributed by atoms with Crippen LogP contribution in [0.15, 0.2) is 0 Å². The fourth-order valence-corrected chi connectivity index (χ4v) is 3.18. The molecule has 0 aliphatic carbocycles. The lowest BCUT2D eigenvalue weighted by molar-refractivity contribution is 0.0910. The lowest BCUT2D eigenvalue weighted by Crippen LogP contribution is -2.39. The Morgan fingerprint density at radius 2 is 1.67 bits per heavy atom. The van der Waals surface area contributed by atoms with Gasteiger partial charge in [-0.25, -0.2) is 0 Å². The number of nitrogens with zero attached hydrogens (tertiary/aromatic N) is 2. The van der Waals surface area contributed by atoms with E-state index in [1.165, 1.54) is 58.4 Å². The van der Waals surface area contributed by atoms with Crippen LogP contribution in [0.5, 0.6) is 0 Å². The fraction of sp³-hybridized carbons (Fsp3) is 1.00. The van der Waals surface area contributed by atoms with Gasteiger partial charge in [0.05, 0.1) is 13.2 Å². The Balaban J connectivity index is 1.53. The van der Waals surface area contributed by atoms with Crippen LogP contribution in [0.2, 0.25) is 0 Å². The van der Waals surface area contributed by atoms with Crippen LogP contribution in [0, 0.1) is 5.92 Å². The van der Waals surface area contributed by atoms with E-state index in [-0.39, 0.29) is 0 Å². The van der Waals surface area contributed by atoms with Gasteiger partial charge in [-0.15, -0.1) is 11.6 Å². The molecule has 0 aromatic heterocycles. The zero-order chi connectivity index (χ0) is 12.6. The third-order valence-corrected chi connectivity index (χ3v) is 4.35. The van der Waals surface area contributed by atoms with Crippen LogP contribution in [-0.4, -0.2) is 68.2 Å². The van der Waals surface area contributed by atoms with Gasteiger partial charge in [0.25, 0.3) is 0 Å². The lowest BCUT2D eigenvalue weighted by atomic mass is 9.96. The van der Waals surface area contributed by atoms with E-state index in [0.29, 0.717) is 12.5 Å². The SMILES string of the molecule is ClCCOCCN1CCC(CN2CCCC2)CC1. The molecule has 2 saturated heterocycles. The standard InChI is InChI=1S/C14H27ClN2O/c15-5-11-18-12-10-16-8-3-14(4-9-16)13-17-6-1-2-7-17/h14H,1-13H2. The summed E-state index contributed by atoms with van der Waals surface area (Å²) in [6, 6.07) is 0. The van der Waals surface area contributed by atoms with Gasteiger partial charge in [-0.2, -0.15) is 0 Å². The predicted molar refractivity (Wildman–Crippen MR) is 76.4 cm³/mol. The summed E-state index contributed by atoms with van der Waals surface area (Å²) >= 11 is 5.58. The molecule has 18 heavy (non-hydrogen) atoms. The predicted octanol–water partition coefficient (Wildman–Crippen LogP) is 2.05. The van der Waals surface area contributed by atoms with Crippen LogP contribution < -0.4 is 0 Å². The number of ether oxygens (including phenoxy) is 1. The lowest BCUT2D eigenvalue weighted by Gasteiger charge is -2.33. The first-order valence-corrected chi connectivity index (χ1v) is 8.00. The number of likely N-dealkylation sites (tertiary alicyclic amines) is 2. The van der Waals surface area contributed by atoms with Crippen LogP contribution in [0.4, 0.5) is 0 Å². The second kappa shape index (κ2) is 8.36. The Labute approximate surface area is 116 Å². The highest BCUT2D eigenvalue weighted by atomic mass is 35.5. The first kappa shape index (κ1) is 14.6. The van der Waals surface area contributed by atoms with E-state index in [9.17, 15) is 0 Å². The van der Waals surface area contributed by atoms with E-state index in [4.69, 9.17) is 16.3 Å². The minimum absolute atomic E-state index is 0.609. The van der Waals surface area contributed by atoms with E-state index >= 15 is 0 Å². The molecule has 3 nitrogen and oxygen atoms in total. The maximum atomic E-state index is 5.58. The maximum absolute atomic E-state index is 5.58. The summed E-state index contributed by atoms with van der Waals surface area (Å²) < 4.78 is 5.44. The molecule has 0 N–H and O–H groups in total. The van der Waals surface area contributed by atoms with Gasteiger partial charge in [-0.3, -0.25) is 0 Å². The molecule has 0 atom stereocenters. The van der Waals surface area contributed by atoms with E-state index in [0.717, 1.165) is 19.1 Å². The van der Waals surface area contributed by atoms with Gasteiger partial charge in [0.1, 0.15) is 0 Å². The van der Waals surface area contributed by atoms with Gasteiger partial charge in [0, 0.05) is 19.0 Å². The van der Waals surface area contributed by atoms with Crippen molar-refractivity contribution in [3.8, 4) is 0 Å². The highest BCUT2D eigenvalue weighted by molar-refractivity contribution is 6.17. The van der Waals surface area contributed by atoms with Crippen molar-refractivity contribution < 1.29 is 4.74 Å². The molecule has 0 bridgehead atoms. The van der Waals surface area contributed by atoms with Crippen molar-refractivity contribution in [2.75, 3.05) is 58.4 Å². The minimum atomic E-state index is 0.609. The largest absolute Gasteiger partial charge is 0.379 e. The van der Waals surface area contributed by atoms with Gasteiger partial charge < -0.3 is 14.5 Å². The molecule has 0 aromatic rings. The van der Waals surface area contributed by atoms with Crippen LogP contribution in [0.3, 0.4) is 0 Å². The third kappa shape index (κ3) is 5.04. The summed E-state index contributed by atoms with van der Waals surface area (Å²) in [5.41, 5.74) is 0. The van der Waals surface area contributed by atoms with Gasteiger partial charge in [-0.05, 0) is 57.8 Å². The Bertz CT molecular complexity index is 214. The summed E-state index contributed by atoms with van der Waals surface area (Å²) in [5.74, 6) is 1.54. The van der Waals surface area contributed by atoms with Crippen molar-refractivity contribution in [2.24, 2.45) is 5.92 Å². The Morgan fingerprint density at radius 3 is 2.33 bits per heavy atom. The topological polar surface area (TPSA) is 15.7 Å². The molecule has 0 spiro atoms. The molecule has 0 amide bonds. The van der Waals surface area contributed by atoms with E-state index in [2.05, 4.69) is 9.80 Å². The van der Waals surface area contributed by atoms with Crippen molar-refractivity contribution in [2.45, 2.75) is 25.7 Å². The van der Waals surface area contributed by atoms with Gasteiger partial charge in [0.2, 0.25) is 0 Å². The second-order valence-corrected chi connectivity index (χ2v) is 5.97. The monoisotopic (exact) mass is 274 g/mol. The quantitative estimate of drug-likeness (QED) is 0.522. The molecular weight excluding hydrogens is 248 g/mol. The zero-order valence-electron chi connectivity index (χ0n) is 11.5. The Morgan fingerprint density at radius 1 is 0.944 bits per heavy atom. The Hall–Kier alpha value is 0.170. The molecule has 2 fully saturated rings. The summed E-state index contributed by atoms with van der Waals surface area (Å²) in [7, 11) is 0. The van der Waals surface area contributed by atoms with Crippen LogP contribution in [0.1, 0.15) is 25.7 Å². The number of halogens is 1. The molecule has 0 unspecified atom stereocenters. The summed E-state index contributed by atoms with van der Waals surface area (Å²) in [6.45, 7) is 9.13. The molecule has 0 aromatic carbocycles. The molecule has 0 radical (unpaired) electrons. The smallest absolute Gasteiger partial charge is 0.0602 e. The molecule has 2 aliphatic rings. The van der Waals surface area contributed by atoms with Crippen LogP contribution in [-0.2, 0) is 4.74 Å². The van der Waals surface area contributed by atoms with Crippen molar-refractivity contribution >= 4 is 11.6 Å².